The number of carbonyl (C=O) groups is 2. The lowest BCUT2D eigenvalue weighted by Gasteiger charge is -2.27. The average molecular weight is 270 g/mol. The number of amides is 2. The van der Waals surface area contributed by atoms with Gasteiger partial charge in [-0.1, -0.05) is 6.92 Å². The minimum absolute atomic E-state index is 0.0847. The Morgan fingerprint density at radius 1 is 1.53 bits per heavy atom. The molecule has 0 radical (unpaired) electrons. The van der Waals surface area contributed by atoms with Crippen molar-refractivity contribution in [1.82, 2.24) is 10.2 Å². The number of rotatable bonds is 6. The molecule has 2 rings (SSSR count). The van der Waals surface area contributed by atoms with Gasteiger partial charge in [0.2, 0.25) is 11.8 Å². The fourth-order valence-electron chi connectivity index (χ4n) is 2.57. The monoisotopic (exact) mass is 270 g/mol. The van der Waals surface area contributed by atoms with Gasteiger partial charge >= 0.3 is 0 Å². The Hall–Kier alpha value is -0.980. The van der Waals surface area contributed by atoms with Gasteiger partial charge in [-0.2, -0.15) is 0 Å². The van der Waals surface area contributed by atoms with Crippen LogP contribution in [0.4, 0.5) is 0 Å². The van der Waals surface area contributed by atoms with E-state index < -0.39 is 6.04 Å². The number of likely N-dealkylation sites (tertiary alicyclic amines) is 1. The molecule has 108 valence electrons. The Morgan fingerprint density at radius 3 is 2.89 bits per heavy atom. The minimum Gasteiger partial charge on any atom is -0.378 e. The number of carbonyl (C=O) groups excluding carboxylic acids is 2. The van der Waals surface area contributed by atoms with E-state index in [1.807, 2.05) is 6.92 Å². The van der Waals surface area contributed by atoms with E-state index in [1.54, 1.807) is 7.11 Å². The molecule has 6 heteroatoms. The molecule has 6 nitrogen and oxygen atoms in total. The number of ether oxygens (including phenoxy) is 2. The third-order valence-electron chi connectivity index (χ3n) is 3.86. The number of hydrogen-bond acceptors (Lipinski definition) is 5. The van der Waals surface area contributed by atoms with Crippen LogP contribution in [0.25, 0.3) is 0 Å². The Labute approximate surface area is 113 Å². The number of imide groups is 1. The van der Waals surface area contributed by atoms with Gasteiger partial charge in [-0.3, -0.25) is 14.5 Å². The van der Waals surface area contributed by atoms with E-state index in [0.717, 1.165) is 12.8 Å². The van der Waals surface area contributed by atoms with Crippen molar-refractivity contribution in [2.24, 2.45) is 0 Å². The first-order valence-electron chi connectivity index (χ1n) is 6.82. The summed E-state index contributed by atoms with van der Waals surface area (Å²) >= 11 is 0. The molecular formula is C13H22N2O4. The number of nitrogens with one attached hydrogen (secondary N) is 1. The van der Waals surface area contributed by atoms with Crippen LogP contribution in [0.2, 0.25) is 0 Å². The van der Waals surface area contributed by atoms with Crippen LogP contribution in [0.5, 0.6) is 0 Å². The summed E-state index contributed by atoms with van der Waals surface area (Å²) in [6, 6.07) is -0.410. The van der Waals surface area contributed by atoms with Gasteiger partial charge in [0, 0.05) is 33.2 Å². The normalized spacial score (nSPS) is 31.5. The molecule has 0 aliphatic carbocycles. The Morgan fingerprint density at radius 2 is 2.32 bits per heavy atom. The zero-order valence-electron chi connectivity index (χ0n) is 11.6. The van der Waals surface area contributed by atoms with E-state index in [2.05, 4.69) is 5.32 Å². The zero-order valence-corrected chi connectivity index (χ0v) is 11.6. The van der Waals surface area contributed by atoms with Crippen molar-refractivity contribution in [1.29, 1.82) is 0 Å². The standard InChI is InChI=1S/C13H22N2O4/c1-3-5-15-11(16)7-10(12(15)17)14-8-13(18-2)4-6-19-9-13/h10,14H,3-9H2,1-2H3. The summed E-state index contributed by atoms with van der Waals surface area (Å²) in [6.07, 6.45) is 1.85. The molecule has 2 aliphatic rings. The number of hydrogen-bond donors (Lipinski definition) is 1. The third-order valence-corrected chi connectivity index (χ3v) is 3.86. The van der Waals surface area contributed by atoms with Crippen LogP contribution in [-0.2, 0) is 19.1 Å². The first kappa shape index (κ1) is 14.4. The average Bonchev–Trinajstić information content (AvgIpc) is 2.98. The van der Waals surface area contributed by atoms with Gasteiger partial charge in [0.25, 0.3) is 0 Å². The second-order valence-corrected chi connectivity index (χ2v) is 5.21. The van der Waals surface area contributed by atoms with Crippen molar-refractivity contribution >= 4 is 11.8 Å². The van der Waals surface area contributed by atoms with E-state index >= 15 is 0 Å². The van der Waals surface area contributed by atoms with E-state index in [0.29, 0.717) is 26.3 Å². The fourth-order valence-corrected chi connectivity index (χ4v) is 2.57. The minimum atomic E-state index is -0.410. The molecule has 2 amide bonds. The van der Waals surface area contributed by atoms with Crippen LogP contribution in [0.1, 0.15) is 26.2 Å². The summed E-state index contributed by atoms with van der Waals surface area (Å²) in [7, 11) is 1.65. The molecule has 1 N–H and O–H groups in total. The van der Waals surface area contributed by atoms with Gasteiger partial charge in [-0.05, 0) is 6.42 Å². The van der Waals surface area contributed by atoms with E-state index in [-0.39, 0.29) is 23.8 Å². The second kappa shape index (κ2) is 5.98. The molecule has 2 aliphatic heterocycles. The first-order valence-corrected chi connectivity index (χ1v) is 6.82. The molecule has 19 heavy (non-hydrogen) atoms. The lowest BCUT2D eigenvalue weighted by Crippen LogP contribution is -2.48. The van der Waals surface area contributed by atoms with Crippen molar-refractivity contribution < 1.29 is 19.1 Å². The topological polar surface area (TPSA) is 67.9 Å². The maximum absolute atomic E-state index is 12.1. The molecule has 0 aromatic carbocycles. The van der Waals surface area contributed by atoms with Gasteiger partial charge in [-0.25, -0.2) is 0 Å². The highest BCUT2D eigenvalue weighted by molar-refractivity contribution is 6.05. The first-order chi connectivity index (χ1) is 9.12. The third kappa shape index (κ3) is 2.96. The molecule has 2 saturated heterocycles. The van der Waals surface area contributed by atoms with E-state index in [9.17, 15) is 9.59 Å². The summed E-state index contributed by atoms with van der Waals surface area (Å²) in [6.45, 7) is 4.21. The predicted molar refractivity (Wildman–Crippen MR) is 68.6 cm³/mol. The highest BCUT2D eigenvalue weighted by atomic mass is 16.5. The Bertz CT molecular complexity index is 353. The Balaban J connectivity index is 1.90. The second-order valence-electron chi connectivity index (χ2n) is 5.21. The van der Waals surface area contributed by atoms with Gasteiger partial charge in [-0.15, -0.1) is 0 Å². The van der Waals surface area contributed by atoms with E-state index in [1.165, 1.54) is 4.90 Å². The van der Waals surface area contributed by atoms with Gasteiger partial charge in [0.1, 0.15) is 5.60 Å². The van der Waals surface area contributed by atoms with Gasteiger partial charge < -0.3 is 14.8 Å². The summed E-state index contributed by atoms with van der Waals surface area (Å²) in [4.78, 5) is 25.2. The number of methoxy groups -OCH3 is 1. The molecule has 0 aromatic rings. The SMILES string of the molecule is CCCN1C(=O)CC(NCC2(OC)CCOC2)C1=O. The van der Waals surface area contributed by atoms with Crippen molar-refractivity contribution in [3.8, 4) is 0 Å². The van der Waals surface area contributed by atoms with Crippen LogP contribution in [0.15, 0.2) is 0 Å². The zero-order chi connectivity index (χ0) is 13.9. The quantitative estimate of drug-likeness (QED) is 0.684. The maximum atomic E-state index is 12.1. The Kier molecular flexibility index (Phi) is 4.54. The molecule has 0 saturated carbocycles. The molecule has 2 atom stereocenters. The highest BCUT2D eigenvalue weighted by Crippen LogP contribution is 2.22. The van der Waals surface area contributed by atoms with Crippen molar-refractivity contribution in [2.45, 2.75) is 37.8 Å². The van der Waals surface area contributed by atoms with Crippen LogP contribution >= 0.6 is 0 Å². The molecule has 0 bridgehead atoms. The molecule has 2 fully saturated rings. The molecule has 2 unspecified atom stereocenters. The van der Waals surface area contributed by atoms with Crippen LogP contribution in [0.3, 0.4) is 0 Å². The summed E-state index contributed by atoms with van der Waals surface area (Å²) in [5.41, 5.74) is -0.360. The smallest absolute Gasteiger partial charge is 0.246 e. The number of nitrogens with zero attached hydrogens (tertiary/aromatic N) is 1. The van der Waals surface area contributed by atoms with Crippen molar-refractivity contribution in [3.63, 3.8) is 0 Å². The molecular weight excluding hydrogens is 248 g/mol. The highest BCUT2D eigenvalue weighted by Gasteiger charge is 2.41. The van der Waals surface area contributed by atoms with Gasteiger partial charge in [0.05, 0.1) is 19.1 Å². The lowest BCUT2D eigenvalue weighted by atomic mass is 10.0. The molecule has 0 spiro atoms. The van der Waals surface area contributed by atoms with Crippen LogP contribution in [0, 0.1) is 0 Å². The summed E-state index contributed by atoms with van der Waals surface area (Å²) < 4.78 is 10.8. The largest absolute Gasteiger partial charge is 0.378 e. The molecule has 2 heterocycles. The lowest BCUT2D eigenvalue weighted by molar-refractivity contribution is -0.138. The van der Waals surface area contributed by atoms with E-state index in [4.69, 9.17) is 9.47 Å². The van der Waals surface area contributed by atoms with Gasteiger partial charge in [0.15, 0.2) is 0 Å². The van der Waals surface area contributed by atoms with Crippen LogP contribution in [-0.4, -0.2) is 61.8 Å². The van der Waals surface area contributed by atoms with Crippen LogP contribution < -0.4 is 5.32 Å². The van der Waals surface area contributed by atoms with Crippen molar-refractivity contribution in [2.75, 3.05) is 33.4 Å². The predicted octanol–water partition coefficient (Wildman–Crippen LogP) is -0.0810. The van der Waals surface area contributed by atoms with Crippen molar-refractivity contribution in [3.05, 3.63) is 0 Å². The summed E-state index contributed by atoms with van der Waals surface area (Å²) in [5, 5.41) is 3.17. The fraction of sp³-hybridized carbons (Fsp3) is 0.846. The molecule has 0 aromatic heterocycles. The maximum Gasteiger partial charge on any atom is 0.246 e. The summed E-state index contributed by atoms with van der Waals surface area (Å²) in [5.74, 6) is -0.199.